The maximum absolute atomic E-state index is 10.3. The normalized spacial score (nSPS) is 10.5. The zero-order valence-electron chi connectivity index (χ0n) is 23.0. The second-order valence-corrected chi connectivity index (χ2v) is 10.0. The Bertz CT molecular complexity index is 812. The summed E-state index contributed by atoms with van der Waals surface area (Å²) < 4.78 is 1.42. The van der Waals surface area contributed by atoms with E-state index in [4.69, 9.17) is 28.3 Å². The van der Waals surface area contributed by atoms with Crippen molar-refractivity contribution in [2.45, 2.75) is 79.1 Å². The van der Waals surface area contributed by atoms with E-state index in [0.29, 0.717) is 0 Å². The Kier molecular flexibility index (Phi) is 19.7. The molecule has 0 unspecified atom stereocenters. The van der Waals surface area contributed by atoms with Crippen LogP contribution in [0.2, 0.25) is 10.0 Å². The van der Waals surface area contributed by atoms with Crippen molar-refractivity contribution >= 4 is 35.1 Å². The number of halogens is 2. The van der Waals surface area contributed by atoms with Crippen LogP contribution in [0.4, 0.5) is 0 Å². The maximum atomic E-state index is 10.3. The molecule has 0 saturated carbocycles. The van der Waals surface area contributed by atoms with Crippen molar-refractivity contribution in [2.24, 2.45) is 0 Å². The molecular weight excluding hydrogens is 509 g/mol. The third-order valence-corrected chi connectivity index (χ3v) is 6.80. The molecule has 0 heterocycles. The molecule has 0 bridgehead atoms. The summed E-state index contributed by atoms with van der Waals surface area (Å²) in [5.41, 5.74) is 0.174. The predicted octanol–water partition coefficient (Wildman–Crippen LogP) is 7.75. The molecule has 0 amide bonds. The van der Waals surface area contributed by atoms with Gasteiger partial charge in [0.2, 0.25) is 0 Å². The minimum Gasteiger partial charge on any atom is -0.545 e. The summed E-state index contributed by atoms with van der Waals surface area (Å²) in [6.07, 6.45) is 11.1. The van der Waals surface area contributed by atoms with Gasteiger partial charge in [-0.2, -0.15) is 0 Å². The number of nitrogens with zero attached hydrogens (tertiary/aromatic N) is 1. The lowest BCUT2D eigenvalue weighted by Crippen LogP contribution is -2.50. The van der Waals surface area contributed by atoms with Gasteiger partial charge < -0.3 is 19.5 Å². The molecule has 0 aliphatic heterocycles. The molecule has 0 aromatic heterocycles. The third-order valence-electron chi connectivity index (χ3n) is 6.14. The van der Waals surface area contributed by atoms with Crippen molar-refractivity contribution in [3.8, 4) is 0 Å². The second kappa shape index (κ2) is 20.9. The lowest BCUT2D eigenvalue weighted by Gasteiger charge is -2.39. The van der Waals surface area contributed by atoms with Crippen LogP contribution in [0, 0.1) is 0 Å². The summed E-state index contributed by atoms with van der Waals surface area (Å²) in [4.78, 5) is 20.6. The molecule has 0 aliphatic carbocycles. The number of rotatable bonds is 14. The van der Waals surface area contributed by atoms with Crippen LogP contribution < -0.4 is 5.11 Å². The number of benzene rings is 2. The first-order valence-corrected chi connectivity index (χ1v) is 14.2. The van der Waals surface area contributed by atoms with Crippen molar-refractivity contribution in [2.75, 3.05) is 26.2 Å². The summed E-state index contributed by atoms with van der Waals surface area (Å²) in [6, 6.07) is 12.5. The Morgan fingerprint density at radius 3 is 1.22 bits per heavy atom. The number of hydrogen-bond donors (Lipinski definition) is 1. The van der Waals surface area contributed by atoms with Gasteiger partial charge in [-0.05, 0) is 43.9 Å². The smallest absolute Gasteiger partial charge is 0.337 e. The Labute approximate surface area is 234 Å². The first kappa shape index (κ1) is 34.9. The van der Waals surface area contributed by atoms with E-state index in [1.165, 1.54) is 100 Å². The van der Waals surface area contributed by atoms with Crippen LogP contribution in [-0.2, 0) is 0 Å². The molecule has 1 N–H and O–H groups in total. The van der Waals surface area contributed by atoms with E-state index in [1.807, 2.05) is 0 Å². The van der Waals surface area contributed by atoms with Crippen LogP contribution in [-0.4, -0.2) is 47.7 Å². The SMILES string of the molecule is CCCC[N+](CCCC)(CCCC)CCCC.O=C(O)c1ccccc1Cl.O=C([O-])c1ccccc1Cl. The molecule has 2 rings (SSSR count). The van der Waals surface area contributed by atoms with Crippen molar-refractivity contribution in [3.63, 3.8) is 0 Å². The standard InChI is InChI=1S/C16H36N.2C7H5ClO2/c1-5-9-13-17(14-10-6-2,15-11-7-3)16-12-8-4;2*8-6-4-2-1-3-5(6)7(9)10/h5-16H2,1-4H3;2*1-4H,(H,9,10)/q+1;;/p-1. The number of carbonyl (C=O) groups is 2. The van der Waals surface area contributed by atoms with Gasteiger partial charge in [0, 0.05) is 10.6 Å². The highest BCUT2D eigenvalue weighted by Crippen LogP contribution is 2.17. The summed E-state index contributed by atoms with van der Waals surface area (Å²) in [5.74, 6) is -2.24. The monoisotopic (exact) mass is 553 g/mol. The molecule has 2 aromatic carbocycles. The summed E-state index contributed by atoms with van der Waals surface area (Å²) >= 11 is 11.0. The number of unbranched alkanes of at least 4 members (excludes halogenated alkanes) is 4. The highest BCUT2D eigenvalue weighted by atomic mass is 35.5. The van der Waals surface area contributed by atoms with Gasteiger partial charge in [-0.3, -0.25) is 0 Å². The Morgan fingerprint density at radius 2 is 1.00 bits per heavy atom. The minimum atomic E-state index is -1.24. The number of aromatic carboxylic acids is 2. The quantitative estimate of drug-likeness (QED) is 0.242. The van der Waals surface area contributed by atoms with E-state index >= 15 is 0 Å². The number of quaternary nitrogens is 1. The van der Waals surface area contributed by atoms with Gasteiger partial charge in [-0.25, -0.2) is 4.79 Å². The van der Waals surface area contributed by atoms with Crippen LogP contribution in [0.15, 0.2) is 48.5 Å². The van der Waals surface area contributed by atoms with E-state index < -0.39 is 11.9 Å². The fourth-order valence-electron chi connectivity index (χ4n) is 3.91. The molecule has 0 radical (unpaired) electrons. The van der Waals surface area contributed by atoms with Gasteiger partial charge >= 0.3 is 5.97 Å². The lowest BCUT2D eigenvalue weighted by molar-refractivity contribution is -0.929. The van der Waals surface area contributed by atoms with Crippen LogP contribution >= 0.6 is 23.2 Å². The molecule has 37 heavy (non-hydrogen) atoms. The summed E-state index contributed by atoms with van der Waals surface area (Å²) in [7, 11) is 0. The Morgan fingerprint density at radius 1 is 0.676 bits per heavy atom. The van der Waals surface area contributed by atoms with Gasteiger partial charge in [-0.15, -0.1) is 0 Å². The van der Waals surface area contributed by atoms with Crippen molar-refractivity contribution in [1.82, 2.24) is 0 Å². The van der Waals surface area contributed by atoms with E-state index in [9.17, 15) is 14.7 Å². The molecular formula is C30H45Cl2NO4. The molecule has 0 aliphatic rings. The molecule has 0 saturated heterocycles. The number of carbonyl (C=O) groups excluding carboxylic acids is 1. The highest BCUT2D eigenvalue weighted by Gasteiger charge is 2.24. The van der Waals surface area contributed by atoms with Crippen molar-refractivity contribution in [3.05, 3.63) is 69.7 Å². The summed E-state index contributed by atoms with van der Waals surface area (Å²) in [6.45, 7) is 15.0. The first-order valence-electron chi connectivity index (χ1n) is 13.5. The van der Waals surface area contributed by atoms with Gasteiger partial charge in [-0.1, -0.05) is 107 Å². The van der Waals surface area contributed by atoms with Crippen LogP contribution in [0.1, 0.15) is 99.8 Å². The minimum absolute atomic E-state index is 0.0316. The molecule has 208 valence electrons. The molecule has 5 nitrogen and oxygen atoms in total. The third kappa shape index (κ3) is 15.1. The van der Waals surface area contributed by atoms with Gasteiger partial charge in [0.15, 0.2) is 0 Å². The maximum Gasteiger partial charge on any atom is 0.337 e. The molecule has 0 atom stereocenters. The topological polar surface area (TPSA) is 77.4 Å². The Balaban J connectivity index is 0.000000555. The molecule has 0 spiro atoms. The molecule has 7 heteroatoms. The van der Waals surface area contributed by atoms with E-state index in [0.717, 1.165) is 0 Å². The highest BCUT2D eigenvalue weighted by molar-refractivity contribution is 6.33. The molecule has 2 aromatic rings. The number of hydrogen-bond acceptors (Lipinski definition) is 3. The van der Waals surface area contributed by atoms with Gasteiger partial charge in [0.05, 0.1) is 42.7 Å². The van der Waals surface area contributed by atoms with E-state index in [1.54, 1.807) is 30.3 Å². The van der Waals surface area contributed by atoms with Crippen molar-refractivity contribution in [1.29, 1.82) is 0 Å². The van der Waals surface area contributed by atoms with Crippen LogP contribution in [0.25, 0.3) is 0 Å². The number of carboxylic acid groups (broad SMARTS) is 2. The predicted molar refractivity (Wildman–Crippen MR) is 154 cm³/mol. The Hall–Kier alpha value is -2.08. The van der Waals surface area contributed by atoms with Gasteiger partial charge in [0.1, 0.15) is 0 Å². The second-order valence-electron chi connectivity index (χ2n) is 9.20. The zero-order valence-corrected chi connectivity index (χ0v) is 24.5. The first-order chi connectivity index (χ1) is 17.7. The average Bonchev–Trinajstić information content (AvgIpc) is 2.89. The zero-order chi connectivity index (χ0) is 28.1. The van der Waals surface area contributed by atoms with E-state index in [-0.39, 0.29) is 21.2 Å². The van der Waals surface area contributed by atoms with Crippen LogP contribution in [0.3, 0.4) is 0 Å². The fraction of sp³-hybridized carbons (Fsp3) is 0.533. The molecule has 0 fully saturated rings. The largest absolute Gasteiger partial charge is 0.545 e. The number of carboxylic acids is 2. The summed E-state index contributed by atoms with van der Waals surface area (Å²) in [5, 5.41) is 19.2. The average molecular weight is 555 g/mol. The van der Waals surface area contributed by atoms with Gasteiger partial charge in [0.25, 0.3) is 0 Å². The van der Waals surface area contributed by atoms with Crippen LogP contribution in [0.5, 0.6) is 0 Å². The fourth-order valence-corrected chi connectivity index (χ4v) is 4.34. The van der Waals surface area contributed by atoms with Crippen molar-refractivity contribution < 1.29 is 24.3 Å². The lowest BCUT2D eigenvalue weighted by atomic mass is 10.1. The van der Waals surface area contributed by atoms with E-state index in [2.05, 4.69) is 27.7 Å².